The van der Waals surface area contributed by atoms with Crippen LogP contribution in [0.1, 0.15) is 39.5 Å². The fourth-order valence-electron chi connectivity index (χ4n) is 2.18. The maximum atomic E-state index is 12.0. The molecule has 0 aromatic rings. The summed E-state index contributed by atoms with van der Waals surface area (Å²) in [5.74, 6) is 1.90. The van der Waals surface area contributed by atoms with Crippen molar-refractivity contribution in [3.8, 4) is 0 Å². The highest BCUT2D eigenvalue weighted by molar-refractivity contribution is 6.18. The molecule has 1 unspecified atom stereocenters. The van der Waals surface area contributed by atoms with Gasteiger partial charge in [-0.3, -0.25) is 4.79 Å². The van der Waals surface area contributed by atoms with Crippen LogP contribution < -0.4 is 0 Å². The van der Waals surface area contributed by atoms with E-state index in [4.69, 9.17) is 11.6 Å². The minimum Gasteiger partial charge on any atom is -0.342 e. The van der Waals surface area contributed by atoms with Crippen LogP contribution in [0, 0.1) is 11.8 Å². The van der Waals surface area contributed by atoms with Gasteiger partial charge in [-0.25, -0.2) is 0 Å². The van der Waals surface area contributed by atoms with Gasteiger partial charge in [0.15, 0.2) is 0 Å². The average molecular weight is 232 g/mol. The molecule has 3 heteroatoms. The van der Waals surface area contributed by atoms with Crippen molar-refractivity contribution >= 4 is 17.5 Å². The lowest BCUT2D eigenvalue weighted by atomic mass is 9.97. The highest BCUT2D eigenvalue weighted by Crippen LogP contribution is 2.20. The zero-order valence-corrected chi connectivity index (χ0v) is 10.6. The quantitative estimate of drug-likeness (QED) is 0.682. The van der Waals surface area contributed by atoms with E-state index in [1.807, 2.05) is 11.8 Å². The van der Waals surface area contributed by atoms with Gasteiger partial charge in [-0.15, -0.1) is 11.6 Å². The van der Waals surface area contributed by atoms with Crippen LogP contribution in [0.15, 0.2) is 0 Å². The number of nitrogens with zero attached hydrogens (tertiary/aromatic N) is 1. The fourth-order valence-corrected chi connectivity index (χ4v) is 2.48. The van der Waals surface area contributed by atoms with E-state index < -0.39 is 0 Å². The molecule has 2 nitrogen and oxygen atoms in total. The van der Waals surface area contributed by atoms with E-state index in [2.05, 4.69) is 6.92 Å². The summed E-state index contributed by atoms with van der Waals surface area (Å²) < 4.78 is 0. The fraction of sp³-hybridized carbons (Fsp3) is 0.917. The molecule has 0 radical (unpaired) electrons. The Balaban J connectivity index is 2.35. The first-order chi connectivity index (χ1) is 7.19. The van der Waals surface area contributed by atoms with Crippen molar-refractivity contribution in [2.45, 2.75) is 39.5 Å². The first-order valence-corrected chi connectivity index (χ1v) is 6.57. The molecule has 0 bridgehead atoms. The monoisotopic (exact) mass is 231 g/mol. The number of hydrogen-bond donors (Lipinski definition) is 0. The molecule has 1 fully saturated rings. The summed E-state index contributed by atoms with van der Waals surface area (Å²) in [6, 6.07) is 0. The highest BCUT2D eigenvalue weighted by atomic mass is 35.5. The van der Waals surface area contributed by atoms with E-state index >= 15 is 0 Å². The van der Waals surface area contributed by atoms with E-state index in [-0.39, 0.29) is 5.92 Å². The summed E-state index contributed by atoms with van der Waals surface area (Å²) in [7, 11) is 0. The molecule has 0 spiro atoms. The lowest BCUT2D eigenvalue weighted by Gasteiger charge is -2.32. The Bertz CT molecular complexity index is 200. The second-order valence-electron chi connectivity index (χ2n) is 4.61. The molecular formula is C12H22ClNO. The smallest absolute Gasteiger partial charge is 0.225 e. The summed E-state index contributed by atoms with van der Waals surface area (Å²) in [6.07, 6.45) is 4.25. The predicted octanol–water partition coefficient (Wildman–Crippen LogP) is 2.90. The molecule has 88 valence electrons. The second-order valence-corrected chi connectivity index (χ2v) is 4.92. The number of carbonyl (C=O) groups excluding carboxylic acids is 1. The molecule has 0 aromatic heterocycles. The summed E-state index contributed by atoms with van der Waals surface area (Å²) in [6.45, 7) is 5.98. The number of amides is 1. The largest absolute Gasteiger partial charge is 0.342 e. The number of alkyl halides is 1. The Morgan fingerprint density at radius 3 is 2.53 bits per heavy atom. The number of carbonyl (C=O) groups is 1. The number of halogens is 1. The van der Waals surface area contributed by atoms with E-state index in [1.54, 1.807) is 0 Å². The number of hydrogen-bond acceptors (Lipinski definition) is 1. The second kappa shape index (κ2) is 6.37. The van der Waals surface area contributed by atoms with Crippen LogP contribution in [-0.2, 0) is 4.79 Å². The van der Waals surface area contributed by atoms with E-state index in [0.29, 0.717) is 11.8 Å². The first-order valence-electron chi connectivity index (χ1n) is 6.03. The topological polar surface area (TPSA) is 20.3 Å². The molecule has 1 atom stereocenters. The molecule has 0 aliphatic carbocycles. The standard InChI is InChI=1S/C12H22ClNO/c1-3-4-10(2)12(15)14-7-5-11(9-13)6-8-14/h10-11H,3-9H2,1-2H3. The average Bonchev–Trinajstić information content (AvgIpc) is 2.28. The van der Waals surface area contributed by atoms with E-state index in [0.717, 1.165) is 44.7 Å². The van der Waals surface area contributed by atoms with E-state index in [1.165, 1.54) is 0 Å². The number of likely N-dealkylation sites (tertiary alicyclic amines) is 1. The molecule has 1 aliphatic rings. The molecule has 1 amide bonds. The van der Waals surface area contributed by atoms with Crippen molar-refractivity contribution in [3.05, 3.63) is 0 Å². The van der Waals surface area contributed by atoms with Crippen molar-refractivity contribution in [1.82, 2.24) is 4.90 Å². The van der Waals surface area contributed by atoms with Crippen molar-refractivity contribution in [2.75, 3.05) is 19.0 Å². The molecule has 1 rings (SSSR count). The summed E-state index contributed by atoms with van der Waals surface area (Å²) >= 11 is 5.82. The SMILES string of the molecule is CCCC(C)C(=O)N1CCC(CCl)CC1. The van der Waals surface area contributed by atoms with Gasteiger partial charge in [-0.1, -0.05) is 20.3 Å². The third-order valence-electron chi connectivity index (χ3n) is 3.29. The Labute approximate surface area is 98.0 Å². The maximum absolute atomic E-state index is 12.0. The lowest BCUT2D eigenvalue weighted by molar-refractivity contribution is -0.136. The van der Waals surface area contributed by atoms with Crippen molar-refractivity contribution in [3.63, 3.8) is 0 Å². The lowest BCUT2D eigenvalue weighted by Crippen LogP contribution is -2.41. The van der Waals surface area contributed by atoms with Gasteiger partial charge >= 0.3 is 0 Å². The minimum absolute atomic E-state index is 0.197. The highest BCUT2D eigenvalue weighted by Gasteiger charge is 2.24. The molecule has 15 heavy (non-hydrogen) atoms. The van der Waals surface area contributed by atoms with Crippen molar-refractivity contribution < 1.29 is 4.79 Å². The molecule has 1 saturated heterocycles. The zero-order valence-electron chi connectivity index (χ0n) is 9.84. The van der Waals surface area contributed by atoms with Gasteiger partial charge in [-0.2, -0.15) is 0 Å². The Morgan fingerprint density at radius 2 is 2.07 bits per heavy atom. The molecule has 1 aliphatic heterocycles. The van der Waals surface area contributed by atoms with E-state index in [9.17, 15) is 4.79 Å². The maximum Gasteiger partial charge on any atom is 0.225 e. The summed E-state index contributed by atoms with van der Waals surface area (Å²) in [5, 5.41) is 0. The third kappa shape index (κ3) is 3.67. The number of piperidine rings is 1. The van der Waals surface area contributed by atoms with Gasteiger partial charge in [0.1, 0.15) is 0 Å². The normalized spacial score (nSPS) is 20.3. The third-order valence-corrected chi connectivity index (χ3v) is 3.72. The Kier molecular flexibility index (Phi) is 5.44. The zero-order chi connectivity index (χ0) is 11.3. The van der Waals surface area contributed by atoms with Crippen LogP contribution >= 0.6 is 11.6 Å². The molecule has 0 N–H and O–H groups in total. The van der Waals surface area contributed by atoms with Gasteiger partial charge in [0, 0.05) is 24.9 Å². The van der Waals surface area contributed by atoms with Gasteiger partial charge in [0.2, 0.25) is 5.91 Å². The molecule has 0 aromatic carbocycles. The molecular weight excluding hydrogens is 210 g/mol. The van der Waals surface area contributed by atoms with Crippen LogP contribution in [0.3, 0.4) is 0 Å². The van der Waals surface area contributed by atoms with Gasteiger partial charge in [0.25, 0.3) is 0 Å². The van der Waals surface area contributed by atoms with Gasteiger partial charge < -0.3 is 4.90 Å². The van der Waals surface area contributed by atoms with Crippen LogP contribution in [0.4, 0.5) is 0 Å². The van der Waals surface area contributed by atoms with Crippen LogP contribution in [0.25, 0.3) is 0 Å². The molecule has 0 saturated carbocycles. The van der Waals surface area contributed by atoms with Crippen molar-refractivity contribution in [2.24, 2.45) is 11.8 Å². The van der Waals surface area contributed by atoms with Crippen molar-refractivity contribution in [1.29, 1.82) is 0 Å². The Hall–Kier alpha value is -0.240. The summed E-state index contributed by atoms with van der Waals surface area (Å²) in [5.41, 5.74) is 0. The van der Waals surface area contributed by atoms with Crippen LogP contribution in [-0.4, -0.2) is 29.8 Å². The predicted molar refractivity (Wildman–Crippen MR) is 64.1 cm³/mol. The Morgan fingerprint density at radius 1 is 1.47 bits per heavy atom. The molecule has 1 heterocycles. The minimum atomic E-state index is 0.197. The van der Waals surface area contributed by atoms with Crippen LogP contribution in [0.2, 0.25) is 0 Å². The van der Waals surface area contributed by atoms with Crippen LogP contribution in [0.5, 0.6) is 0 Å². The summed E-state index contributed by atoms with van der Waals surface area (Å²) in [4.78, 5) is 14.0. The van der Waals surface area contributed by atoms with Gasteiger partial charge in [-0.05, 0) is 25.2 Å². The number of rotatable bonds is 4. The van der Waals surface area contributed by atoms with Gasteiger partial charge in [0.05, 0.1) is 0 Å². The first kappa shape index (κ1) is 12.8.